The van der Waals surface area contributed by atoms with Crippen LogP contribution < -0.4 is 4.74 Å². The fourth-order valence-electron chi connectivity index (χ4n) is 3.85. The van der Waals surface area contributed by atoms with Gasteiger partial charge >= 0.3 is 0 Å². The van der Waals surface area contributed by atoms with Crippen molar-refractivity contribution < 1.29 is 27.4 Å². The lowest BCUT2D eigenvalue weighted by molar-refractivity contribution is 0.0373. The molecule has 3 rings (SSSR count). The van der Waals surface area contributed by atoms with E-state index in [0.717, 1.165) is 10.4 Å². The number of amides is 1. The van der Waals surface area contributed by atoms with Crippen LogP contribution in [0.3, 0.4) is 0 Å². The summed E-state index contributed by atoms with van der Waals surface area (Å²) in [7, 11) is 1.18. The molecule has 200 valence electrons. The van der Waals surface area contributed by atoms with Gasteiger partial charge in [-0.15, -0.1) is 0 Å². The molecule has 0 fully saturated rings. The summed E-state index contributed by atoms with van der Waals surface area (Å²) < 4.78 is 47.1. The molecule has 9 nitrogen and oxygen atoms in total. The summed E-state index contributed by atoms with van der Waals surface area (Å²) in [4.78, 5) is 21.1. The quantitative estimate of drug-likeness (QED) is 0.541. The first-order chi connectivity index (χ1) is 17.4. The minimum absolute atomic E-state index is 0.0615. The number of hydrogen-bond acceptors (Lipinski definition) is 7. The maximum Gasteiger partial charge on any atom is 0.259 e. The molecule has 11 heteroatoms. The Hall–Kier alpha value is -3.04. The third kappa shape index (κ3) is 6.84. The number of halogens is 1. The molecule has 1 N–H and O–H groups in total. The fraction of sp³-hybridized carbons (Fsp3) is 0.462. The Kier molecular flexibility index (Phi) is 9.26. The Morgan fingerprint density at radius 2 is 2.03 bits per heavy atom. The molecule has 2 heterocycles. The van der Waals surface area contributed by atoms with E-state index in [4.69, 9.17) is 4.74 Å². The molecule has 1 aromatic heterocycles. The maximum absolute atomic E-state index is 13.7. The van der Waals surface area contributed by atoms with E-state index in [-0.39, 0.29) is 47.9 Å². The number of nitrogens with zero attached hydrogens (tertiary/aromatic N) is 4. The van der Waals surface area contributed by atoms with Gasteiger partial charge < -0.3 is 14.7 Å². The molecule has 0 bridgehead atoms. The van der Waals surface area contributed by atoms with E-state index in [1.165, 1.54) is 31.4 Å². The molecular formula is C26H33FN4O5S. The van der Waals surface area contributed by atoms with Crippen molar-refractivity contribution in [3.8, 4) is 17.7 Å². The minimum atomic E-state index is -4.00. The molecule has 1 aliphatic heterocycles. The standard InChI is InChI=1S/C26H33FN4O5S/c1-18-15-31(19(2)17-32)26(33)23-12-20(8-7-11-29(3)4)14-28-25(23)36-24(18)16-30(5)37(34,35)22-10-6-9-21(27)13-22/h6,9-10,12-14,18-19,24,32H,11,15-17H2,1-5H3/t18-,19+,24-/m0/s1. The van der Waals surface area contributed by atoms with Crippen molar-refractivity contribution in [3.05, 3.63) is 53.5 Å². The van der Waals surface area contributed by atoms with E-state index in [2.05, 4.69) is 16.8 Å². The molecule has 37 heavy (non-hydrogen) atoms. The third-order valence-corrected chi connectivity index (χ3v) is 7.91. The second kappa shape index (κ2) is 12.0. The summed E-state index contributed by atoms with van der Waals surface area (Å²) in [5.41, 5.74) is 0.717. The van der Waals surface area contributed by atoms with Crippen LogP contribution in [0.2, 0.25) is 0 Å². The Morgan fingerprint density at radius 1 is 1.30 bits per heavy atom. The zero-order valence-electron chi connectivity index (χ0n) is 21.7. The zero-order valence-corrected chi connectivity index (χ0v) is 22.5. The molecule has 0 saturated carbocycles. The number of ether oxygens (including phenoxy) is 1. The smallest absolute Gasteiger partial charge is 0.259 e. The largest absolute Gasteiger partial charge is 0.472 e. The Labute approximate surface area is 217 Å². The van der Waals surface area contributed by atoms with Crippen LogP contribution in [0.4, 0.5) is 4.39 Å². The van der Waals surface area contributed by atoms with E-state index in [1.807, 2.05) is 25.9 Å². The van der Waals surface area contributed by atoms with Gasteiger partial charge in [-0.2, -0.15) is 4.31 Å². The number of carbonyl (C=O) groups is 1. The van der Waals surface area contributed by atoms with Crippen LogP contribution in [0.25, 0.3) is 0 Å². The Bertz CT molecular complexity index is 1290. The van der Waals surface area contributed by atoms with Gasteiger partial charge in [-0.05, 0) is 45.3 Å². The first-order valence-electron chi connectivity index (χ1n) is 11.9. The van der Waals surface area contributed by atoms with Crippen LogP contribution >= 0.6 is 0 Å². The highest BCUT2D eigenvalue weighted by Gasteiger charge is 2.36. The lowest BCUT2D eigenvalue weighted by Gasteiger charge is -2.37. The minimum Gasteiger partial charge on any atom is -0.472 e. The first kappa shape index (κ1) is 28.5. The topological polar surface area (TPSA) is 103 Å². The summed E-state index contributed by atoms with van der Waals surface area (Å²) in [5, 5.41) is 9.80. The highest BCUT2D eigenvalue weighted by Crippen LogP contribution is 2.28. The lowest BCUT2D eigenvalue weighted by Crippen LogP contribution is -2.50. The van der Waals surface area contributed by atoms with Gasteiger partial charge in [-0.25, -0.2) is 17.8 Å². The number of pyridine rings is 1. The second-order valence-electron chi connectivity index (χ2n) is 9.48. The highest BCUT2D eigenvalue weighted by molar-refractivity contribution is 7.89. The van der Waals surface area contributed by atoms with Crippen LogP contribution in [-0.2, 0) is 10.0 Å². The van der Waals surface area contributed by atoms with Crippen molar-refractivity contribution in [1.82, 2.24) is 19.1 Å². The maximum atomic E-state index is 13.7. The van der Waals surface area contributed by atoms with Gasteiger partial charge in [0.25, 0.3) is 5.91 Å². The Balaban J connectivity index is 1.97. The number of carbonyl (C=O) groups excluding carboxylic acids is 1. The van der Waals surface area contributed by atoms with Crippen molar-refractivity contribution in [2.24, 2.45) is 5.92 Å². The Morgan fingerprint density at radius 3 is 2.68 bits per heavy atom. The predicted octanol–water partition coefficient (Wildman–Crippen LogP) is 1.67. The summed E-state index contributed by atoms with van der Waals surface area (Å²) in [5.74, 6) is 4.72. The number of rotatable bonds is 7. The lowest BCUT2D eigenvalue weighted by atomic mass is 10.0. The molecule has 0 aliphatic carbocycles. The SMILES string of the molecule is C[C@H](CO)N1C[C@H](C)[C@H](CN(C)S(=O)(=O)c2cccc(F)c2)Oc2ncc(C#CCN(C)C)cc2C1=O. The number of hydrogen-bond donors (Lipinski definition) is 1. The van der Waals surface area contributed by atoms with Crippen LogP contribution in [0.1, 0.15) is 29.8 Å². The van der Waals surface area contributed by atoms with E-state index in [9.17, 15) is 22.7 Å². The third-order valence-electron chi connectivity index (χ3n) is 6.09. The summed E-state index contributed by atoms with van der Waals surface area (Å²) >= 11 is 0. The average molecular weight is 533 g/mol. The van der Waals surface area contributed by atoms with Gasteiger partial charge in [-0.1, -0.05) is 24.8 Å². The molecule has 2 aromatic rings. The number of aromatic nitrogens is 1. The van der Waals surface area contributed by atoms with E-state index in [0.29, 0.717) is 12.1 Å². The molecule has 0 spiro atoms. The normalized spacial score (nSPS) is 18.9. The van der Waals surface area contributed by atoms with Gasteiger partial charge in [0.05, 0.1) is 30.6 Å². The number of fused-ring (bicyclic) bond motifs is 1. The predicted molar refractivity (Wildman–Crippen MR) is 137 cm³/mol. The monoisotopic (exact) mass is 532 g/mol. The number of sulfonamides is 1. The second-order valence-corrected chi connectivity index (χ2v) is 11.5. The van der Waals surface area contributed by atoms with Crippen molar-refractivity contribution in [2.45, 2.75) is 30.9 Å². The number of benzene rings is 1. The zero-order chi connectivity index (χ0) is 27.3. The first-order valence-corrected chi connectivity index (χ1v) is 13.3. The van der Waals surface area contributed by atoms with Crippen molar-refractivity contribution >= 4 is 15.9 Å². The van der Waals surface area contributed by atoms with Gasteiger partial charge in [-0.3, -0.25) is 9.69 Å². The fourth-order valence-corrected chi connectivity index (χ4v) is 5.06. The van der Waals surface area contributed by atoms with Crippen molar-refractivity contribution in [2.75, 3.05) is 47.4 Å². The van der Waals surface area contributed by atoms with E-state index in [1.54, 1.807) is 17.9 Å². The van der Waals surface area contributed by atoms with Crippen LogP contribution in [0.5, 0.6) is 5.88 Å². The molecule has 0 saturated heterocycles. The molecule has 1 aromatic carbocycles. The molecule has 0 radical (unpaired) electrons. The molecular weight excluding hydrogens is 499 g/mol. The number of aliphatic hydroxyl groups excluding tert-OH is 1. The molecule has 1 amide bonds. The van der Waals surface area contributed by atoms with Crippen LogP contribution in [0.15, 0.2) is 41.4 Å². The van der Waals surface area contributed by atoms with Gasteiger partial charge in [0.1, 0.15) is 17.5 Å². The van der Waals surface area contributed by atoms with Crippen LogP contribution in [0, 0.1) is 23.6 Å². The van der Waals surface area contributed by atoms with Gasteiger partial charge in [0.15, 0.2) is 0 Å². The molecule has 3 atom stereocenters. The summed E-state index contributed by atoms with van der Waals surface area (Å²) in [6, 6.07) is 5.92. The average Bonchev–Trinajstić information content (AvgIpc) is 2.85. The van der Waals surface area contributed by atoms with Crippen molar-refractivity contribution in [3.63, 3.8) is 0 Å². The highest BCUT2D eigenvalue weighted by atomic mass is 32.2. The summed E-state index contributed by atoms with van der Waals surface area (Å²) in [6.45, 7) is 4.00. The van der Waals surface area contributed by atoms with Gasteiger partial charge in [0.2, 0.25) is 15.9 Å². The number of likely N-dealkylation sites (N-methyl/N-ethyl adjacent to an activating group) is 1. The molecule has 0 unspecified atom stereocenters. The molecule has 1 aliphatic rings. The summed E-state index contributed by atoms with van der Waals surface area (Å²) in [6.07, 6.45) is 0.817. The number of aliphatic hydroxyl groups is 1. The van der Waals surface area contributed by atoms with Crippen molar-refractivity contribution in [1.29, 1.82) is 0 Å². The van der Waals surface area contributed by atoms with Gasteiger partial charge in [0, 0.05) is 31.3 Å². The van der Waals surface area contributed by atoms with Crippen LogP contribution in [-0.4, -0.2) is 98.1 Å². The van der Waals surface area contributed by atoms with E-state index >= 15 is 0 Å². The van der Waals surface area contributed by atoms with E-state index < -0.39 is 28.0 Å².